The molecule has 3 rings (SSSR count). The van der Waals surface area contributed by atoms with Gasteiger partial charge in [-0.1, -0.05) is 25.5 Å². The predicted molar refractivity (Wildman–Crippen MR) is 117 cm³/mol. The van der Waals surface area contributed by atoms with E-state index in [4.69, 9.17) is 0 Å². The fraction of sp³-hybridized carbons (Fsp3) is 0.652. The molecule has 166 valence electrons. The largest absolute Gasteiger partial charge is 0.353 e. The van der Waals surface area contributed by atoms with Gasteiger partial charge in [-0.15, -0.1) is 0 Å². The molecule has 2 fully saturated rings. The lowest BCUT2D eigenvalue weighted by Gasteiger charge is -2.44. The third kappa shape index (κ3) is 5.23. The first kappa shape index (κ1) is 22.8. The van der Waals surface area contributed by atoms with Crippen molar-refractivity contribution in [2.45, 2.75) is 87.9 Å². The number of benzene rings is 1. The molecule has 6 nitrogen and oxygen atoms in total. The minimum atomic E-state index is -3.30. The van der Waals surface area contributed by atoms with Crippen molar-refractivity contribution in [2.24, 2.45) is 11.8 Å². The van der Waals surface area contributed by atoms with Crippen LogP contribution in [0, 0.1) is 11.8 Å². The van der Waals surface area contributed by atoms with E-state index >= 15 is 0 Å². The molecule has 2 amide bonds. The first-order valence-corrected chi connectivity index (χ1v) is 12.7. The summed E-state index contributed by atoms with van der Waals surface area (Å²) in [5, 5.41) is 5.79. The van der Waals surface area contributed by atoms with Gasteiger partial charge in [0, 0.05) is 18.5 Å². The highest BCUT2D eigenvalue weighted by atomic mass is 32.2. The lowest BCUT2D eigenvalue weighted by Crippen LogP contribution is -2.55. The zero-order chi connectivity index (χ0) is 21.9. The van der Waals surface area contributed by atoms with Crippen molar-refractivity contribution < 1.29 is 18.0 Å². The van der Waals surface area contributed by atoms with E-state index in [2.05, 4.69) is 17.6 Å². The summed E-state index contributed by atoms with van der Waals surface area (Å²) in [7, 11) is -3.30. The standard InChI is InChI=1S/C23H34N2O4S/c1-4-5-17-13-23(27)25-21-14-18(8-11-20(17)21)24-22(26)12-16-6-9-19(10-7-16)30(28,29)15(2)3/h6-7,9-10,15,17-18,20-21H,4-5,8,11-14H2,1-3H3,(H,24,26)(H,25,27). The minimum absolute atomic E-state index is 0.0647. The maximum Gasteiger partial charge on any atom is 0.224 e. The lowest BCUT2D eigenvalue weighted by atomic mass is 9.70. The molecule has 1 heterocycles. The van der Waals surface area contributed by atoms with E-state index in [1.165, 1.54) is 0 Å². The molecule has 0 aromatic heterocycles. The van der Waals surface area contributed by atoms with E-state index in [9.17, 15) is 18.0 Å². The Kier molecular flexibility index (Phi) is 7.22. The Morgan fingerprint density at radius 2 is 1.90 bits per heavy atom. The van der Waals surface area contributed by atoms with E-state index in [0.717, 1.165) is 37.7 Å². The monoisotopic (exact) mass is 434 g/mol. The molecule has 1 aromatic carbocycles. The van der Waals surface area contributed by atoms with E-state index < -0.39 is 15.1 Å². The summed E-state index contributed by atoms with van der Waals surface area (Å²) in [5.74, 6) is 1.06. The van der Waals surface area contributed by atoms with Gasteiger partial charge >= 0.3 is 0 Å². The number of nitrogens with one attached hydrogen (secondary N) is 2. The SMILES string of the molecule is CCCC1CC(=O)NC2CC(NC(=O)Cc3ccc(S(=O)(=O)C(C)C)cc3)CCC12. The van der Waals surface area contributed by atoms with Gasteiger partial charge < -0.3 is 10.6 Å². The van der Waals surface area contributed by atoms with Gasteiger partial charge in [0.1, 0.15) is 0 Å². The van der Waals surface area contributed by atoms with Crippen LogP contribution >= 0.6 is 0 Å². The second-order valence-electron chi connectivity index (χ2n) is 9.08. The molecule has 0 radical (unpaired) electrons. The summed E-state index contributed by atoms with van der Waals surface area (Å²) in [6, 6.07) is 6.80. The first-order valence-electron chi connectivity index (χ1n) is 11.1. The number of piperidine rings is 1. The number of hydrogen-bond donors (Lipinski definition) is 2. The van der Waals surface area contributed by atoms with Crippen LogP contribution in [0.4, 0.5) is 0 Å². The number of carbonyl (C=O) groups excluding carboxylic acids is 2. The second kappa shape index (κ2) is 9.50. The molecule has 30 heavy (non-hydrogen) atoms. The van der Waals surface area contributed by atoms with Crippen LogP contribution in [0.3, 0.4) is 0 Å². The van der Waals surface area contributed by atoms with Gasteiger partial charge in [0.2, 0.25) is 11.8 Å². The lowest BCUT2D eigenvalue weighted by molar-refractivity contribution is -0.127. The van der Waals surface area contributed by atoms with Crippen molar-refractivity contribution in [1.82, 2.24) is 10.6 Å². The number of hydrogen-bond acceptors (Lipinski definition) is 4. The van der Waals surface area contributed by atoms with Crippen molar-refractivity contribution in [3.63, 3.8) is 0 Å². The molecule has 0 spiro atoms. The Morgan fingerprint density at radius 1 is 1.20 bits per heavy atom. The first-order chi connectivity index (χ1) is 14.2. The summed E-state index contributed by atoms with van der Waals surface area (Å²) in [4.78, 5) is 24.9. The average Bonchev–Trinajstić information content (AvgIpc) is 2.68. The van der Waals surface area contributed by atoms with Crippen LogP contribution in [0.15, 0.2) is 29.2 Å². The molecule has 1 aliphatic carbocycles. The van der Waals surface area contributed by atoms with Crippen molar-refractivity contribution in [1.29, 1.82) is 0 Å². The fourth-order valence-corrected chi connectivity index (χ4v) is 5.99. The van der Waals surface area contributed by atoms with E-state index in [1.807, 2.05) is 0 Å². The van der Waals surface area contributed by atoms with Gasteiger partial charge in [-0.3, -0.25) is 9.59 Å². The summed E-state index contributed by atoms with van der Waals surface area (Å²) in [6.07, 6.45) is 5.80. The molecule has 4 unspecified atom stereocenters. The Labute approximate surface area is 180 Å². The predicted octanol–water partition coefficient (Wildman–Crippen LogP) is 3.00. The van der Waals surface area contributed by atoms with Gasteiger partial charge in [0.05, 0.1) is 16.6 Å². The van der Waals surface area contributed by atoms with Gasteiger partial charge in [-0.25, -0.2) is 8.42 Å². The van der Waals surface area contributed by atoms with Gasteiger partial charge in [0.15, 0.2) is 9.84 Å². The van der Waals surface area contributed by atoms with Crippen LogP contribution < -0.4 is 10.6 Å². The van der Waals surface area contributed by atoms with Crippen LogP contribution in [0.2, 0.25) is 0 Å². The topological polar surface area (TPSA) is 92.3 Å². The molecule has 2 N–H and O–H groups in total. The van der Waals surface area contributed by atoms with Crippen molar-refractivity contribution in [3.05, 3.63) is 29.8 Å². The van der Waals surface area contributed by atoms with Gasteiger partial charge in [-0.05, 0) is 69.1 Å². The molecular formula is C23H34N2O4S. The maximum atomic E-state index is 12.5. The van der Waals surface area contributed by atoms with E-state index in [1.54, 1.807) is 38.1 Å². The molecule has 1 aromatic rings. The number of amides is 2. The van der Waals surface area contributed by atoms with Gasteiger partial charge in [-0.2, -0.15) is 0 Å². The summed E-state index contributed by atoms with van der Waals surface area (Å²) in [6.45, 7) is 5.48. The zero-order valence-electron chi connectivity index (χ0n) is 18.2. The Hall–Kier alpha value is -1.89. The van der Waals surface area contributed by atoms with E-state index in [0.29, 0.717) is 18.3 Å². The summed E-state index contributed by atoms with van der Waals surface area (Å²) < 4.78 is 24.4. The number of fused-ring (bicyclic) bond motifs is 1. The third-order valence-corrected chi connectivity index (χ3v) is 8.74. The second-order valence-corrected chi connectivity index (χ2v) is 11.6. The highest BCUT2D eigenvalue weighted by molar-refractivity contribution is 7.92. The Balaban J connectivity index is 1.55. The quantitative estimate of drug-likeness (QED) is 0.690. The van der Waals surface area contributed by atoms with Crippen LogP contribution in [0.1, 0.15) is 64.9 Å². The zero-order valence-corrected chi connectivity index (χ0v) is 19.0. The van der Waals surface area contributed by atoms with Crippen LogP contribution in [-0.2, 0) is 25.8 Å². The number of sulfone groups is 1. The third-order valence-electron chi connectivity index (χ3n) is 6.56. The van der Waals surface area contributed by atoms with Crippen LogP contribution in [-0.4, -0.2) is 37.6 Å². The molecule has 0 bridgehead atoms. The van der Waals surface area contributed by atoms with Crippen molar-refractivity contribution in [2.75, 3.05) is 0 Å². The number of rotatable bonds is 7. The molecule has 2 aliphatic rings. The van der Waals surface area contributed by atoms with Crippen LogP contribution in [0.25, 0.3) is 0 Å². The molecule has 1 aliphatic heterocycles. The number of carbonyl (C=O) groups is 2. The van der Waals surface area contributed by atoms with Crippen LogP contribution in [0.5, 0.6) is 0 Å². The summed E-state index contributed by atoms with van der Waals surface area (Å²) in [5.41, 5.74) is 0.790. The van der Waals surface area contributed by atoms with E-state index in [-0.39, 0.29) is 35.2 Å². The molecule has 4 atom stereocenters. The highest BCUT2D eigenvalue weighted by Crippen LogP contribution is 2.37. The molecule has 7 heteroatoms. The molecule has 1 saturated carbocycles. The van der Waals surface area contributed by atoms with Crippen molar-refractivity contribution in [3.8, 4) is 0 Å². The smallest absolute Gasteiger partial charge is 0.224 e. The molecule has 1 saturated heterocycles. The summed E-state index contributed by atoms with van der Waals surface area (Å²) >= 11 is 0. The van der Waals surface area contributed by atoms with Crippen molar-refractivity contribution >= 4 is 21.7 Å². The normalized spacial score (nSPS) is 26.7. The Bertz CT molecular complexity index is 864. The highest BCUT2D eigenvalue weighted by Gasteiger charge is 2.40. The average molecular weight is 435 g/mol. The van der Waals surface area contributed by atoms with Gasteiger partial charge in [0.25, 0.3) is 0 Å². The fourth-order valence-electron chi connectivity index (χ4n) is 4.93. The maximum absolute atomic E-state index is 12.5. The Morgan fingerprint density at radius 3 is 2.53 bits per heavy atom. The minimum Gasteiger partial charge on any atom is -0.353 e. The molecular weight excluding hydrogens is 400 g/mol.